The number of aliphatic hydroxyl groups is 1. The first-order chi connectivity index (χ1) is 7.86. The van der Waals surface area contributed by atoms with Gasteiger partial charge in [0.05, 0.1) is 5.60 Å². The normalized spacial score (nSPS) is 27.6. The molecule has 3 nitrogen and oxygen atoms in total. The van der Waals surface area contributed by atoms with Gasteiger partial charge in [0.15, 0.2) is 0 Å². The lowest BCUT2D eigenvalue weighted by atomic mass is 9.77. The second kappa shape index (κ2) is 6.36. The molecule has 0 amide bonds. The highest BCUT2D eigenvalue weighted by atomic mass is 127. The number of rotatable bonds is 4. The van der Waals surface area contributed by atoms with Crippen molar-refractivity contribution in [2.75, 3.05) is 0 Å². The molecule has 1 N–H and O–H groups in total. The van der Waals surface area contributed by atoms with Crippen LogP contribution in [0.5, 0.6) is 0 Å². The van der Waals surface area contributed by atoms with E-state index in [4.69, 9.17) is 4.74 Å². The lowest BCUT2D eigenvalue weighted by Gasteiger charge is -2.38. The largest absolute Gasteiger partial charge is 0.461 e. The van der Waals surface area contributed by atoms with Crippen LogP contribution in [0, 0.1) is 5.92 Å². The van der Waals surface area contributed by atoms with Gasteiger partial charge in [0.2, 0.25) is 0 Å². The third-order valence-electron chi connectivity index (χ3n) is 3.49. The second-order valence-corrected chi connectivity index (χ2v) is 6.90. The van der Waals surface area contributed by atoms with Crippen molar-refractivity contribution < 1.29 is 14.6 Å². The van der Waals surface area contributed by atoms with Crippen molar-refractivity contribution in [2.24, 2.45) is 5.92 Å². The highest BCUT2D eigenvalue weighted by molar-refractivity contribution is 14.1. The van der Waals surface area contributed by atoms with Crippen molar-refractivity contribution in [1.29, 1.82) is 0 Å². The van der Waals surface area contributed by atoms with Crippen LogP contribution >= 0.6 is 22.6 Å². The molecule has 3 atom stereocenters. The van der Waals surface area contributed by atoms with Crippen LogP contribution in [0.1, 0.15) is 52.9 Å². The summed E-state index contributed by atoms with van der Waals surface area (Å²) in [6.45, 7) is 5.60. The van der Waals surface area contributed by atoms with Gasteiger partial charge in [-0.2, -0.15) is 0 Å². The summed E-state index contributed by atoms with van der Waals surface area (Å²) < 4.78 is 5.50. The summed E-state index contributed by atoms with van der Waals surface area (Å²) in [7, 11) is 0. The summed E-state index contributed by atoms with van der Waals surface area (Å²) in [4.78, 5) is 11.8. The molecule has 0 aromatic rings. The molecule has 0 aromatic heterocycles. The van der Waals surface area contributed by atoms with Crippen molar-refractivity contribution >= 4 is 28.6 Å². The average Bonchev–Trinajstić information content (AvgIpc) is 2.27. The van der Waals surface area contributed by atoms with E-state index in [0.717, 1.165) is 32.1 Å². The first kappa shape index (κ1) is 15.2. The fraction of sp³-hybridized carbons (Fsp3) is 0.923. The first-order valence-corrected chi connectivity index (χ1v) is 7.67. The van der Waals surface area contributed by atoms with E-state index in [1.54, 1.807) is 0 Å². The van der Waals surface area contributed by atoms with Crippen LogP contribution in [0.2, 0.25) is 0 Å². The van der Waals surface area contributed by atoms with Crippen LogP contribution in [0.15, 0.2) is 0 Å². The Morgan fingerprint density at radius 3 is 2.59 bits per heavy atom. The van der Waals surface area contributed by atoms with E-state index in [9.17, 15) is 9.90 Å². The number of carbonyl (C=O) groups is 1. The Morgan fingerprint density at radius 1 is 1.47 bits per heavy atom. The molecule has 0 aliphatic heterocycles. The number of hydrogen-bond acceptors (Lipinski definition) is 3. The number of halogens is 1. The monoisotopic (exact) mass is 354 g/mol. The lowest BCUT2D eigenvalue weighted by molar-refractivity contribution is -0.159. The molecule has 0 heterocycles. The van der Waals surface area contributed by atoms with Crippen molar-refractivity contribution in [2.45, 2.75) is 68.5 Å². The van der Waals surface area contributed by atoms with Gasteiger partial charge < -0.3 is 9.84 Å². The number of alkyl halides is 1. The van der Waals surface area contributed by atoms with Gasteiger partial charge in [-0.05, 0) is 39.5 Å². The molecular formula is C13H23IO3. The Labute approximate surface area is 117 Å². The molecule has 0 spiro atoms. The van der Waals surface area contributed by atoms with Crippen LogP contribution < -0.4 is 0 Å². The van der Waals surface area contributed by atoms with Gasteiger partial charge in [0.1, 0.15) is 10.0 Å². The van der Waals surface area contributed by atoms with E-state index in [-0.39, 0.29) is 21.9 Å². The SMILES string of the molecule is CCC(I)C(=O)OC1CCCCC1C(C)(C)O. The zero-order chi connectivity index (χ0) is 13.1. The molecule has 1 rings (SSSR count). The summed E-state index contributed by atoms with van der Waals surface area (Å²) in [6.07, 6.45) is 4.71. The minimum absolute atomic E-state index is 0.0701. The van der Waals surface area contributed by atoms with E-state index >= 15 is 0 Å². The van der Waals surface area contributed by atoms with Gasteiger partial charge in [-0.25, -0.2) is 0 Å². The maximum Gasteiger partial charge on any atom is 0.319 e. The molecule has 4 heteroatoms. The quantitative estimate of drug-likeness (QED) is 0.480. The van der Waals surface area contributed by atoms with Gasteiger partial charge in [0, 0.05) is 5.92 Å². The standard InChI is InChI=1S/C13H23IO3/c1-4-10(14)12(15)17-11-8-6-5-7-9(11)13(2,3)16/h9-11,16H,4-8H2,1-3H3. The molecule has 1 aliphatic carbocycles. The third kappa shape index (κ3) is 4.39. The van der Waals surface area contributed by atoms with E-state index in [1.807, 2.05) is 20.8 Å². The Kier molecular flexibility index (Phi) is 5.70. The Balaban J connectivity index is 2.63. The van der Waals surface area contributed by atoms with Crippen LogP contribution in [-0.4, -0.2) is 26.7 Å². The van der Waals surface area contributed by atoms with Crippen LogP contribution in [0.3, 0.4) is 0 Å². The number of ether oxygens (including phenoxy) is 1. The van der Waals surface area contributed by atoms with Gasteiger partial charge in [-0.1, -0.05) is 35.9 Å². The Hall–Kier alpha value is 0.160. The maximum atomic E-state index is 11.8. The van der Waals surface area contributed by atoms with E-state index in [1.165, 1.54) is 0 Å². The molecule has 1 saturated carbocycles. The number of hydrogen-bond donors (Lipinski definition) is 1. The lowest BCUT2D eigenvalue weighted by Crippen LogP contribution is -2.44. The summed E-state index contributed by atoms with van der Waals surface area (Å²) >= 11 is 2.12. The van der Waals surface area contributed by atoms with Gasteiger partial charge in [-0.3, -0.25) is 4.79 Å². The average molecular weight is 354 g/mol. The zero-order valence-corrected chi connectivity index (χ0v) is 13.1. The predicted octanol–water partition coefficient (Wildman–Crippen LogP) is 3.07. The maximum absolute atomic E-state index is 11.8. The second-order valence-electron chi connectivity index (χ2n) is 5.40. The molecule has 3 unspecified atom stereocenters. The first-order valence-electron chi connectivity index (χ1n) is 6.43. The molecule has 0 aromatic carbocycles. The van der Waals surface area contributed by atoms with Crippen LogP contribution in [0.25, 0.3) is 0 Å². The third-order valence-corrected chi connectivity index (χ3v) is 4.88. The van der Waals surface area contributed by atoms with Crippen molar-refractivity contribution in [1.82, 2.24) is 0 Å². The van der Waals surface area contributed by atoms with Gasteiger partial charge in [-0.15, -0.1) is 0 Å². The molecule has 17 heavy (non-hydrogen) atoms. The summed E-state index contributed by atoms with van der Waals surface area (Å²) in [5.74, 6) is -0.0603. The van der Waals surface area contributed by atoms with E-state index < -0.39 is 5.60 Å². The fourth-order valence-electron chi connectivity index (χ4n) is 2.44. The Morgan fingerprint density at radius 2 is 2.06 bits per heavy atom. The van der Waals surface area contributed by atoms with Crippen LogP contribution in [0.4, 0.5) is 0 Å². The molecule has 0 radical (unpaired) electrons. The van der Waals surface area contributed by atoms with Gasteiger partial charge in [0.25, 0.3) is 0 Å². The molecule has 1 fully saturated rings. The smallest absolute Gasteiger partial charge is 0.319 e. The highest BCUT2D eigenvalue weighted by Gasteiger charge is 2.38. The summed E-state index contributed by atoms with van der Waals surface area (Å²) in [5.41, 5.74) is -0.766. The number of esters is 1. The van der Waals surface area contributed by atoms with Crippen molar-refractivity contribution in [3.8, 4) is 0 Å². The summed E-state index contributed by atoms with van der Waals surface area (Å²) in [6, 6.07) is 0. The van der Waals surface area contributed by atoms with E-state index in [0.29, 0.717) is 0 Å². The van der Waals surface area contributed by atoms with Gasteiger partial charge >= 0.3 is 5.97 Å². The molecule has 100 valence electrons. The fourth-order valence-corrected chi connectivity index (χ4v) is 2.58. The van der Waals surface area contributed by atoms with Crippen molar-refractivity contribution in [3.63, 3.8) is 0 Å². The topological polar surface area (TPSA) is 46.5 Å². The zero-order valence-electron chi connectivity index (χ0n) is 10.9. The van der Waals surface area contributed by atoms with Crippen LogP contribution in [-0.2, 0) is 9.53 Å². The minimum atomic E-state index is -0.766. The number of carbonyl (C=O) groups excluding carboxylic acids is 1. The minimum Gasteiger partial charge on any atom is -0.461 e. The molecular weight excluding hydrogens is 331 g/mol. The molecule has 1 aliphatic rings. The summed E-state index contributed by atoms with van der Waals surface area (Å²) in [5, 5.41) is 10.1. The van der Waals surface area contributed by atoms with Crippen molar-refractivity contribution in [3.05, 3.63) is 0 Å². The molecule has 0 bridgehead atoms. The Bertz CT molecular complexity index is 260. The predicted molar refractivity (Wildman–Crippen MR) is 76.2 cm³/mol. The van der Waals surface area contributed by atoms with E-state index in [2.05, 4.69) is 22.6 Å². The molecule has 0 saturated heterocycles. The highest BCUT2D eigenvalue weighted by Crippen LogP contribution is 2.35.